The Kier molecular flexibility index (Phi) is 8.32. The molecule has 0 fully saturated rings. The number of thiophene rings is 1. The first-order valence-corrected chi connectivity index (χ1v) is 12.3. The molecule has 3 aromatic carbocycles. The minimum atomic E-state index is -0.590. The minimum Gasteiger partial charge on any atom is -0.493 e. The molecule has 7 nitrogen and oxygen atoms in total. The van der Waals surface area contributed by atoms with E-state index in [1.165, 1.54) is 24.7 Å². The van der Waals surface area contributed by atoms with Crippen molar-refractivity contribution in [3.8, 4) is 17.2 Å². The SMILES string of the molecule is COc1cc(/C=N/NC(=O)COc2cccc(Cl)c2Cl)ccc1OC(=O)c1sc2ccccc2c1Cl. The maximum atomic E-state index is 12.8. The largest absolute Gasteiger partial charge is 0.493 e. The summed E-state index contributed by atoms with van der Waals surface area (Å²) in [5, 5.41) is 5.58. The predicted molar refractivity (Wildman–Crippen MR) is 142 cm³/mol. The van der Waals surface area contributed by atoms with Crippen molar-refractivity contribution in [1.82, 2.24) is 5.43 Å². The van der Waals surface area contributed by atoms with Crippen LogP contribution in [0.1, 0.15) is 15.2 Å². The van der Waals surface area contributed by atoms with Crippen molar-refractivity contribution < 1.29 is 23.8 Å². The molecule has 0 unspecified atom stereocenters. The smallest absolute Gasteiger partial charge is 0.355 e. The minimum absolute atomic E-state index is 0.212. The van der Waals surface area contributed by atoms with Crippen molar-refractivity contribution in [2.75, 3.05) is 13.7 Å². The number of fused-ring (bicyclic) bond motifs is 1. The Labute approximate surface area is 225 Å². The standard InChI is InChI=1S/C25H17Cl3N2O5S/c1-33-19-11-14(12-29-30-21(31)13-34-18-7-4-6-16(26)23(18)28)9-10-17(19)35-25(32)24-22(27)15-5-2-3-8-20(15)36-24/h2-12H,13H2,1H3,(H,30,31)/b29-12+. The number of halogens is 3. The summed E-state index contributed by atoms with van der Waals surface area (Å²) in [6.07, 6.45) is 1.40. The molecular weight excluding hydrogens is 547 g/mol. The Hall–Kier alpha value is -3.30. The van der Waals surface area contributed by atoms with Crippen LogP contribution in [-0.2, 0) is 4.79 Å². The Morgan fingerprint density at radius 2 is 1.78 bits per heavy atom. The van der Waals surface area contributed by atoms with Crippen LogP contribution in [0.25, 0.3) is 10.1 Å². The summed E-state index contributed by atoms with van der Waals surface area (Å²) in [6.45, 7) is -0.310. The second-order valence-electron chi connectivity index (χ2n) is 7.17. The quantitative estimate of drug-likeness (QED) is 0.113. The summed E-state index contributed by atoms with van der Waals surface area (Å²) in [7, 11) is 1.44. The first-order valence-electron chi connectivity index (χ1n) is 10.3. The lowest BCUT2D eigenvalue weighted by Gasteiger charge is -2.09. The Balaban J connectivity index is 1.37. The zero-order chi connectivity index (χ0) is 25.7. The first-order chi connectivity index (χ1) is 17.4. The third kappa shape index (κ3) is 5.91. The van der Waals surface area contributed by atoms with E-state index in [0.717, 1.165) is 10.1 Å². The van der Waals surface area contributed by atoms with Crippen molar-refractivity contribution in [2.24, 2.45) is 5.10 Å². The molecule has 11 heteroatoms. The van der Waals surface area contributed by atoms with Crippen LogP contribution >= 0.6 is 46.1 Å². The van der Waals surface area contributed by atoms with E-state index in [1.54, 1.807) is 36.4 Å². The Morgan fingerprint density at radius 1 is 0.972 bits per heavy atom. The van der Waals surface area contributed by atoms with Crippen LogP contribution < -0.4 is 19.6 Å². The summed E-state index contributed by atoms with van der Waals surface area (Å²) in [6, 6.07) is 17.1. The number of amides is 1. The molecule has 36 heavy (non-hydrogen) atoms. The lowest BCUT2D eigenvalue weighted by molar-refractivity contribution is -0.123. The van der Waals surface area contributed by atoms with Gasteiger partial charge in [0.15, 0.2) is 18.1 Å². The van der Waals surface area contributed by atoms with Crippen LogP contribution in [0.3, 0.4) is 0 Å². The summed E-state index contributed by atoms with van der Waals surface area (Å²) in [5.74, 6) is -0.290. The fourth-order valence-corrected chi connectivity index (χ4v) is 4.82. The maximum Gasteiger partial charge on any atom is 0.355 e. The molecule has 1 N–H and O–H groups in total. The van der Waals surface area contributed by atoms with E-state index in [0.29, 0.717) is 26.2 Å². The van der Waals surface area contributed by atoms with Gasteiger partial charge in [0.2, 0.25) is 0 Å². The molecule has 0 spiro atoms. The number of carbonyl (C=O) groups is 2. The number of carbonyl (C=O) groups excluding carboxylic acids is 2. The number of rotatable bonds is 8. The molecule has 0 radical (unpaired) electrons. The fraction of sp³-hybridized carbons (Fsp3) is 0.0800. The van der Waals surface area contributed by atoms with Gasteiger partial charge >= 0.3 is 5.97 Å². The molecule has 0 aliphatic heterocycles. The average molecular weight is 564 g/mol. The summed E-state index contributed by atoms with van der Waals surface area (Å²) >= 11 is 19.6. The molecule has 184 valence electrons. The summed E-state index contributed by atoms with van der Waals surface area (Å²) in [5.41, 5.74) is 2.94. The summed E-state index contributed by atoms with van der Waals surface area (Å²) < 4.78 is 17.1. The highest BCUT2D eigenvalue weighted by molar-refractivity contribution is 7.21. The van der Waals surface area contributed by atoms with Gasteiger partial charge in [0, 0.05) is 10.1 Å². The fourth-order valence-electron chi connectivity index (χ4n) is 3.09. The van der Waals surface area contributed by atoms with Gasteiger partial charge in [-0.2, -0.15) is 5.10 Å². The third-order valence-electron chi connectivity index (χ3n) is 4.79. The Morgan fingerprint density at radius 3 is 2.56 bits per heavy atom. The topological polar surface area (TPSA) is 86.2 Å². The molecule has 1 aromatic heterocycles. The highest BCUT2D eigenvalue weighted by atomic mass is 35.5. The van der Waals surface area contributed by atoms with Crippen molar-refractivity contribution >= 4 is 74.3 Å². The zero-order valence-corrected chi connectivity index (χ0v) is 21.7. The van der Waals surface area contributed by atoms with Crippen LogP contribution in [0.2, 0.25) is 15.1 Å². The third-order valence-corrected chi connectivity index (χ3v) is 7.25. The number of hydrazone groups is 1. The van der Waals surface area contributed by atoms with Crippen molar-refractivity contribution in [3.63, 3.8) is 0 Å². The highest BCUT2D eigenvalue weighted by Crippen LogP contribution is 2.37. The number of hydrogen-bond donors (Lipinski definition) is 1. The van der Waals surface area contributed by atoms with Gasteiger partial charge in [0.1, 0.15) is 15.6 Å². The molecule has 0 aliphatic carbocycles. The van der Waals surface area contributed by atoms with E-state index in [4.69, 9.17) is 49.0 Å². The van der Waals surface area contributed by atoms with Crippen LogP contribution in [0.15, 0.2) is 65.8 Å². The number of esters is 1. The van der Waals surface area contributed by atoms with Gasteiger partial charge in [-0.1, -0.05) is 59.1 Å². The van der Waals surface area contributed by atoms with Crippen LogP contribution in [0.5, 0.6) is 17.2 Å². The number of benzene rings is 3. The van der Waals surface area contributed by atoms with Gasteiger partial charge < -0.3 is 14.2 Å². The monoisotopic (exact) mass is 562 g/mol. The summed E-state index contributed by atoms with van der Waals surface area (Å²) in [4.78, 5) is 25.1. The zero-order valence-electron chi connectivity index (χ0n) is 18.6. The van der Waals surface area contributed by atoms with E-state index in [2.05, 4.69) is 10.5 Å². The number of nitrogens with zero attached hydrogens (tertiary/aromatic N) is 1. The van der Waals surface area contributed by atoms with E-state index >= 15 is 0 Å². The average Bonchev–Trinajstić information content (AvgIpc) is 3.22. The predicted octanol–water partition coefficient (Wildman–Crippen LogP) is 6.62. The number of nitrogens with one attached hydrogen (secondary N) is 1. The molecule has 0 bridgehead atoms. The number of hydrogen-bond acceptors (Lipinski definition) is 7. The van der Waals surface area contributed by atoms with Crippen molar-refractivity contribution in [2.45, 2.75) is 0 Å². The van der Waals surface area contributed by atoms with Gasteiger partial charge in [-0.3, -0.25) is 4.79 Å². The van der Waals surface area contributed by atoms with Gasteiger partial charge in [0.25, 0.3) is 5.91 Å². The molecule has 0 atom stereocenters. The molecule has 0 saturated heterocycles. The molecule has 4 aromatic rings. The first kappa shape index (κ1) is 25.8. The second-order valence-corrected chi connectivity index (χ2v) is 9.39. The van der Waals surface area contributed by atoms with Crippen molar-refractivity contribution in [3.05, 3.63) is 86.2 Å². The van der Waals surface area contributed by atoms with Crippen LogP contribution in [0, 0.1) is 0 Å². The number of ether oxygens (including phenoxy) is 3. The lowest BCUT2D eigenvalue weighted by Crippen LogP contribution is -2.24. The lowest BCUT2D eigenvalue weighted by atomic mass is 10.2. The van der Waals surface area contributed by atoms with E-state index in [-0.39, 0.29) is 23.1 Å². The van der Waals surface area contributed by atoms with Crippen LogP contribution in [-0.4, -0.2) is 31.8 Å². The van der Waals surface area contributed by atoms with Gasteiger partial charge in [-0.25, -0.2) is 10.2 Å². The molecule has 0 saturated carbocycles. The van der Waals surface area contributed by atoms with Gasteiger partial charge in [-0.05, 0) is 42.0 Å². The second kappa shape index (κ2) is 11.6. The molecule has 0 aliphatic rings. The normalized spacial score (nSPS) is 11.0. The number of methoxy groups -OCH3 is 1. The molecule has 1 amide bonds. The maximum absolute atomic E-state index is 12.8. The van der Waals surface area contributed by atoms with Gasteiger partial charge in [-0.15, -0.1) is 11.3 Å². The van der Waals surface area contributed by atoms with E-state index in [9.17, 15) is 9.59 Å². The Bertz CT molecular complexity index is 1470. The molecule has 1 heterocycles. The van der Waals surface area contributed by atoms with E-state index < -0.39 is 11.9 Å². The molecular formula is C25H17Cl3N2O5S. The van der Waals surface area contributed by atoms with E-state index in [1.807, 2.05) is 24.3 Å². The van der Waals surface area contributed by atoms with Gasteiger partial charge in [0.05, 0.1) is 23.4 Å². The van der Waals surface area contributed by atoms with Crippen LogP contribution in [0.4, 0.5) is 0 Å². The highest BCUT2D eigenvalue weighted by Gasteiger charge is 2.20. The molecule has 4 rings (SSSR count). The van der Waals surface area contributed by atoms with Crippen molar-refractivity contribution in [1.29, 1.82) is 0 Å².